The first-order valence-corrected chi connectivity index (χ1v) is 11.2. The van der Waals surface area contributed by atoms with Gasteiger partial charge >= 0.3 is 11.9 Å². The highest BCUT2D eigenvalue weighted by Gasteiger charge is 2.29. The Kier molecular flexibility index (Phi) is 10.7. The van der Waals surface area contributed by atoms with Crippen LogP contribution in [0.15, 0.2) is 72.8 Å². The summed E-state index contributed by atoms with van der Waals surface area (Å²) in [6, 6.07) is 26.8. The number of unbranched alkanes of at least 4 members (excludes halogenated alkanes) is 1. The number of carbonyl (C=O) groups is 2. The average Bonchev–Trinajstić information content (AvgIpc) is 2.83. The standard InChI is InChI=1S/C23H27N.C4H6O6/c1-24(2)23(21-13-4-3-5-14-21)18-9-7-12-20-16-10-15-19-11-6-8-17-22(19)20;5-1(3(7)8)2(6)4(9)10/h3-6,8,10-11,13-17,23H,7,9,12,18H2,1-2H3;1-2,5-6H,(H,7,8)(H,9,10). The van der Waals surface area contributed by atoms with E-state index >= 15 is 0 Å². The molecule has 0 bridgehead atoms. The Hall–Kier alpha value is -3.26. The molecule has 3 unspecified atom stereocenters. The molecule has 182 valence electrons. The molecule has 0 aliphatic rings. The van der Waals surface area contributed by atoms with Gasteiger partial charge in [0.2, 0.25) is 0 Å². The van der Waals surface area contributed by atoms with Crippen molar-refractivity contribution in [2.45, 2.75) is 43.9 Å². The van der Waals surface area contributed by atoms with Crippen molar-refractivity contribution >= 4 is 22.7 Å². The lowest BCUT2D eigenvalue weighted by Gasteiger charge is -2.24. The van der Waals surface area contributed by atoms with E-state index in [0.717, 1.165) is 6.42 Å². The fourth-order valence-electron chi connectivity index (χ4n) is 3.83. The first kappa shape index (κ1) is 27.0. The first-order valence-electron chi connectivity index (χ1n) is 11.2. The predicted molar refractivity (Wildman–Crippen MR) is 132 cm³/mol. The van der Waals surface area contributed by atoms with Crippen LogP contribution < -0.4 is 0 Å². The Morgan fingerprint density at radius 3 is 1.91 bits per heavy atom. The average molecular weight is 468 g/mol. The lowest BCUT2D eigenvalue weighted by atomic mass is 9.96. The van der Waals surface area contributed by atoms with Crippen molar-refractivity contribution < 1.29 is 30.0 Å². The van der Waals surface area contributed by atoms with Gasteiger partial charge in [0.1, 0.15) is 0 Å². The molecule has 0 heterocycles. The van der Waals surface area contributed by atoms with Crippen LogP contribution in [0.4, 0.5) is 0 Å². The summed E-state index contributed by atoms with van der Waals surface area (Å²) in [6.45, 7) is 0. The van der Waals surface area contributed by atoms with Gasteiger partial charge in [-0.1, -0.05) is 79.2 Å². The summed E-state index contributed by atoms with van der Waals surface area (Å²) < 4.78 is 0. The Morgan fingerprint density at radius 1 is 0.765 bits per heavy atom. The topological polar surface area (TPSA) is 118 Å². The first-order chi connectivity index (χ1) is 16.2. The maximum absolute atomic E-state index is 9.77. The van der Waals surface area contributed by atoms with Crippen molar-refractivity contribution in [3.8, 4) is 0 Å². The van der Waals surface area contributed by atoms with Crippen LogP contribution in [-0.4, -0.2) is 63.6 Å². The molecule has 0 saturated carbocycles. The Bertz CT molecular complexity index is 1030. The van der Waals surface area contributed by atoms with Crippen LogP contribution in [0.2, 0.25) is 0 Å². The fraction of sp³-hybridized carbons (Fsp3) is 0.333. The molecule has 4 N–H and O–H groups in total. The van der Waals surface area contributed by atoms with E-state index in [-0.39, 0.29) is 0 Å². The molecule has 0 aliphatic carbocycles. The molecule has 0 spiro atoms. The number of hydrogen-bond donors (Lipinski definition) is 4. The minimum absolute atomic E-state index is 0.513. The molecule has 7 heteroatoms. The van der Waals surface area contributed by atoms with Gasteiger partial charge in [0.25, 0.3) is 0 Å². The molecule has 3 atom stereocenters. The molecule has 0 aliphatic heterocycles. The number of carboxylic acid groups (broad SMARTS) is 2. The van der Waals surface area contributed by atoms with Crippen LogP contribution in [0.1, 0.15) is 36.4 Å². The Labute approximate surface area is 199 Å². The number of carboxylic acids is 2. The SMILES string of the molecule is CN(C)C(CCCCc1cccc2ccccc12)c1ccccc1.O=C(O)C(O)C(O)C(=O)O. The second-order valence-corrected chi connectivity index (χ2v) is 8.34. The largest absolute Gasteiger partial charge is 0.479 e. The third-order valence-electron chi connectivity index (χ3n) is 5.67. The van der Waals surface area contributed by atoms with Gasteiger partial charge in [-0.3, -0.25) is 0 Å². The molecule has 34 heavy (non-hydrogen) atoms. The maximum Gasteiger partial charge on any atom is 0.335 e. The van der Waals surface area contributed by atoms with Crippen molar-refractivity contribution in [1.29, 1.82) is 0 Å². The van der Waals surface area contributed by atoms with Crippen LogP contribution in [0.25, 0.3) is 10.8 Å². The minimum Gasteiger partial charge on any atom is -0.479 e. The molecule has 3 rings (SSSR count). The molecule has 0 amide bonds. The number of aliphatic hydroxyl groups is 2. The number of benzene rings is 3. The van der Waals surface area contributed by atoms with Crippen molar-refractivity contribution in [2.75, 3.05) is 14.1 Å². The minimum atomic E-state index is -2.27. The zero-order chi connectivity index (χ0) is 25.1. The van der Waals surface area contributed by atoms with Gasteiger partial charge in [0.15, 0.2) is 12.2 Å². The number of nitrogens with zero attached hydrogens (tertiary/aromatic N) is 1. The summed E-state index contributed by atoms with van der Waals surface area (Å²) in [6.07, 6.45) is 0.333. The van der Waals surface area contributed by atoms with Crippen LogP contribution in [0, 0.1) is 0 Å². The Balaban J connectivity index is 0.000000347. The summed E-state index contributed by atoms with van der Waals surface area (Å²) in [5.41, 5.74) is 2.90. The molecule has 3 aromatic carbocycles. The summed E-state index contributed by atoms with van der Waals surface area (Å²) in [4.78, 5) is 21.9. The summed E-state index contributed by atoms with van der Waals surface area (Å²) in [7, 11) is 4.37. The third kappa shape index (κ3) is 7.95. The quantitative estimate of drug-likeness (QED) is 0.336. The number of hydrogen-bond acceptors (Lipinski definition) is 5. The Morgan fingerprint density at radius 2 is 1.32 bits per heavy atom. The molecule has 0 saturated heterocycles. The lowest BCUT2D eigenvalue weighted by molar-refractivity contribution is -0.165. The van der Waals surface area contributed by atoms with Gasteiger partial charge in [-0.25, -0.2) is 9.59 Å². The van der Waals surface area contributed by atoms with Crippen LogP contribution in [0.3, 0.4) is 0 Å². The zero-order valence-corrected chi connectivity index (χ0v) is 19.5. The fourth-order valence-corrected chi connectivity index (χ4v) is 3.83. The van der Waals surface area contributed by atoms with Gasteiger partial charge < -0.3 is 25.3 Å². The maximum atomic E-state index is 9.77. The zero-order valence-electron chi connectivity index (χ0n) is 19.5. The van der Waals surface area contributed by atoms with E-state index in [4.69, 9.17) is 20.4 Å². The number of aryl methyl sites for hydroxylation is 1. The third-order valence-corrected chi connectivity index (χ3v) is 5.67. The van der Waals surface area contributed by atoms with Crippen molar-refractivity contribution in [2.24, 2.45) is 0 Å². The van der Waals surface area contributed by atoms with Crippen molar-refractivity contribution in [3.05, 3.63) is 83.9 Å². The number of fused-ring (bicyclic) bond motifs is 1. The van der Waals surface area contributed by atoms with Gasteiger partial charge in [-0.05, 0) is 55.3 Å². The highest BCUT2D eigenvalue weighted by atomic mass is 16.4. The van der Waals surface area contributed by atoms with Crippen LogP contribution >= 0.6 is 0 Å². The molecule has 0 fully saturated rings. The van der Waals surface area contributed by atoms with Crippen molar-refractivity contribution in [1.82, 2.24) is 4.90 Å². The van der Waals surface area contributed by atoms with E-state index in [2.05, 4.69) is 91.8 Å². The van der Waals surface area contributed by atoms with Gasteiger partial charge in [0, 0.05) is 6.04 Å². The second-order valence-electron chi connectivity index (χ2n) is 8.34. The molecule has 3 aromatic rings. The van der Waals surface area contributed by atoms with Gasteiger partial charge in [-0.2, -0.15) is 0 Å². The number of aliphatic hydroxyl groups excluding tert-OH is 2. The number of rotatable bonds is 10. The van der Waals surface area contributed by atoms with E-state index in [1.807, 2.05) is 0 Å². The molecule has 0 radical (unpaired) electrons. The molecule has 0 aromatic heterocycles. The normalized spacial score (nSPS) is 13.6. The monoisotopic (exact) mass is 467 g/mol. The summed E-state index contributed by atoms with van der Waals surface area (Å²) >= 11 is 0. The summed E-state index contributed by atoms with van der Waals surface area (Å²) in [5.74, 6) is -3.54. The van der Waals surface area contributed by atoms with E-state index in [0.29, 0.717) is 6.04 Å². The van der Waals surface area contributed by atoms with E-state index < -0.39 is 24.1 Å². The van der Waals surface area contributed by atoms with E-state index in [9.17, 15) is 9.59 Å². The highest BCUT2D eigenvalue weighted by Crippen LogP contribution is 2.25. The number of aliphatic carboxylic acids is 2. The van der Waals surface area contributed by atoms with Crippen LogP contribution in [-0.2, 0) is 16.0 Å². The van der Waals surface area contributed by atoms with Gasteiger partial charge in [-0.15, -0.1) is 0 Å². The molecular weight excluding hydrogens is 434 g/mol. The van der Waals surface area contributed by atoms with E-state index in [1.165, 1.54) is 41.2 Å². The van der Waals surface area contributed by atoms with Crippen molar-refractivity contribution in [3.63, 3.8) is 0 Å². The highest BCUT2D eigenvalue weighted by molar-refractivity contribution is 5.85. The summed E-state index contributed by atoms with van der Waals surface area (Å²) in [5, 5.41) is 35.3. The lowest BCUT2D eigenvalue weighted by Crippen LogP contribution is -2.39. The smallest absolute Gasteiger partial charge is 0.335 e. The van der Waals surface area contributed by atoms with E-state index in [1.54, 1.807) is 0 Å². The predicted octanol–water partition coefficient (Wildman–Crippen LogP) is 3.73. The molecule has 7 nitrogen and oxygen atoms in total. The second kappa shape index (κ2) is 13.4. The molecular formula is C27H33NO6. The van der Waals surface area contributed by atoms with Crippen LogP contribution in [0.5, 0.6) is 0 Å². The van der Waals surface area contributed by atoms with Gasteiger partial charge in [0.05, 0.1) is 0 Å².